The standard InChI is InChI=1S/C18H17F2N3OS/c19-15-9-12(10-21)1-3-16(15)23-7-5-14(6-8-23)25-17-4-2-13(11-24)18(20)22-17/h1-4,9,14,24H,5-8,11H2. The van der Waals surface area contributed by atoms with Gasteiger partial charge in [0.15, 0.2) is 0 Å². The van der Waals surface area contributed by atoms with Gasteiger partial charge in [-0.15, -0.1) is 11.8 Å². The Balaban J connectivity index is 1.60. The monoisotopic (exact) mass is 361 g/mol. The van der Waals surface area contributed by atoms with Gasteiger partial charge < -0.3 is 10.0 Å². The SMILES string of the molecule is N#Cc1ccc(N2CCC(Sc3ccc(CO)c(F)n3)CC2)c(F)c1. The van der Waals surface area contributed by atoms with Crippen LogP contribution in [0, 0.1) is 23.1 Å². The Labute approximate surface area is 149 Å². The first-order valence-electron chi connectivity index (χ1n) is 7.98. The molecule has 0 amide bonds. The van der Waals surface area contributed by atoms with Crippen molar-refractivity contribution in [3.63, 3.8) is 0 Å². The van der Waals surface area contributed by atoms with E-state index in [9.17, 15) is 8.78 Å². The van der Waals surface area contributed by atoms with Crippen LogP contribution in [0.1, 0.15) is 24.0 Å². The number of nitriles is 1. The van der Waals surface area contributed by atoms with E-state index in [0.717, 1.165) is 12.8 Å². The molecule has 2 aromatic rings. The van der Waals surface area contributed by atoms with Crippen molar-refractivity contribution in [3.8, 4) is 6.07 Å². The van der Waals surface area contributed by atoms with Gasteiger partial charge in [0, 0.05) is 23.9 Å². The minimum atomic E-state index is -0.635. The minimum absolute atomic E-state index is 0.190. The number of pyridine rings is 1. The third kappa shape index (κ3) is 4.09. The van der Waals surface area contributed by atoms with Gasteiger partial charge >= 0.3 is 0 Å². The van der Waals surface area contributed by atoms with Gasteiger partial charge in [0.05, 0.1) is 29.0 Å². The Hall–Kier alpha value is -2.17. The minimum Gasteiger partial charge on any atom is -0.392 e. The number of piperidine rings is 1. The molecule has 1 N–H and O–H groups in total. The van der Waals surface area contributed by atoms with Gasteiger partial charge in [-0.3, -0.25) is 0 Å². The number of benzene rings is 1. The number of aliphatic hydroxyl groups is 1. The van der Waals surface area contributed by atoms with Crippen LogP contribution in [0.3, 0.4) is 0 Å². The van der Waals surface area contributed by atoms with Crippen LogP contribution in [0.2, 0.25) is 0 Å². The highest BCUT2D eigenvalue weighted by Gasteiger charge is 2.23. The zero-order chi connectivity index (χ0) is 17.8. The second kappa shape index (κ2) is 7.81. The van der Waals surface area contributed by atoms with Gasteiger partial charge in [-0.05, 0) is 43.2 Å². The van der Waals surface area contributed by atoms with E-state index in [-0.39, 0.29) is 23.2 Å². The molecule has 7 heteroatoms. The number of hydrogen-bond acceptors (Lipinski definition) is 5. The van der Waals surface area contributed by atoms with E-state index in [2.05, 4.69) is 4.98 Å². The van der Waals surface area contributed by atoms with Crippen molar-refractivity contribution in [2.45, 2.75) is 29.7 Å². The maximum atomic E-state index is 14.1. The highest BCUT2D eigenvalue weighted by molar-refractivity contribution is 7.99. The van der Waals surface area contributed by atoms with E-state index in [1.807, 2.05) is 11.0 Å². The fraction of sp³-hybridized carbons (Fsp3) is 0.333. The molecule has 0 atom stereocenters. The van der Waals surface area contributed by atoms with Gasteiger partial charge in [0.25, 0.3) is 0 Å². The lowest BCUT2D eigenvalue weighted by atomic mass is 10.1. The first kappa shape index (κ1) is 17.6. The van der Waals surface area contributed by atoms with Crippen molar-refractivity contribution in [2.75, 3.05) is 18.0 Å². The number of aliphatic hydroxyl groups excluding tert-OH is 1. The molecule has 3 rings (SSSR count). The third-order valence-corrected chi connectivity index (χ3v) is 5.49. The lowest BCUT2D eigenvalue weighted by Gasteiger charge is -2.33. The van der Waals surface area contributed by atoms with Crippen LogP contribution in [-0.4, -0.2) is 28.4 Å². The van der Waals surface area contributed by atoms with Crippen molar-refractivity contribution in [1.29, 1.82) is 5.26 Å². The van der Waals surface area contributed by atoms with Crippen molar-refractivity contribution in [2.24, 2.45) is 0 Å². The van der Waals surface area contributed by atoms with Gasteiger partial charge in [0.2, 0.25) is 5.95 Å². The number of aromatic nitrogens is 1. The maximum absolute atomic E-state index is 14.1. The number of halogens is 2. The van der Waals surface area contributed by atoms with Crippen LogP contribution >= 0.6 is 11.8 Å². The molecule has 2 heterocycles. The highest BCUT2D eigenvalue weighted by atomic mass is 32.2. The summed E-state index contributed by atoms with van der Waals surface area (Å²) in [6.45, 7) is 1.02. The Morgan fingerprint density at radius 2 is 2.00 bits per heavy atom. The molecular formula is C18H17F2N3OS. The summed E-state index contributed by atoms with van der Waals surface area (Å²) in [4.78, 5) is 5.85. The number of nitrogens with zero attached hydrogens (tertiary/aromatic N) is 3. The summed E-state index contributed by atoms with van der Waals surface area (Å²) in [5, 5.41) is 18.7. The molecule has 1 fully saturated rings. The molecule has 0 unspecified atom stereocenters. The molecule has 1 aliphatic heterocycles. The van der Waals surface area contributed by atoms with Crippen LogP contribution in [0.25, 0.3) is 0 Å². The molecule has 130 valence electrons. The Kier molecular flexibility index (Phi) is 5.51. The Morgan fingerprint density at radius 1 is 1.24 bits per heavy atom. The average Bonchev–Trinajstić information content (AvgIpc) is 2.62. The normalized spacial score (nSPS) is 15.2. The molecule has 0 aliphatic carbocycles. The fourth-order valence-electron chi connectivity index (χ4n) is 2.85. The zero-order valence-electron chi connectivity index (χ0n) is 13.5. The van der Waals surface area contributed by atoms with E-state index >= 15 is 0 Å². The highest BCUT2D eigenvalue weighted by Crippen LogP contribution is 2.32. The first-order chi connectivity index (χ1) is 12.1. The number of thioether (sulfide) groups is 1. The van der Waals surface area contributed by atoms with Crippen molar-refractivity contribution >= 4 is 17.4 Å². The fourth-order valence-corrected chi connectivity index (χ4v) is 3.92. The van der Waals surface area contributed by atoms with E-state index in [0.29, 0.717) is 29.4 Å². The van der Waals surface area contributed by atoms with Crippen molar-refractivity contribution in [1.82, 2.24) is 4.98 Å². The summed E-state index contributed by atoms with van der Waals surface area (Å²) >= 11 is 1.51. The molecule has 25 heavy (non-hydrogen) atoms. The quantitative estimate of drug-likeness (QED) is 0.845. The summed E-state index contributed by atoms with van der Waals surface area (Å²) in [5.41, 5.74) is 1.01. The number of hydrogen-bond donors (Lipinski definition) is 1. The van der Waals surface area contributed by atoms with Crippen molar-refractivity contribution < 1.29 is 13.9 Å². The molecule has 1 aromatic heterocycles. The molecule has 0 saturated carbocycles. The molecule has 1 aromatic carbocycles. The second-order valence-corrected chi connectivity index (χ2v) is 7.16. The smallest absolute Gasteiger partial charge is 0.219 e. The van der Waals surface area contributed by atoms with Crippen LogP contribution in [0.5, 0.6) is 0 Å². The maximum Gasteiger partial charge on any atom is 0.219 e. The molecule has 1 saturated heterocycles. The molecule has 0 radical (unpaired) electrons. The van der Waals surface area contributed by atoms with E-state index in [1.165, 1.54) is 17.8 Å². The second-order valence-electron chi connectivity index (χ2n) is 5.84. The molecule has 0 bridgehead atoms. The largest absolute Gasteiger partial charge is 0.392 e. The summed E-state index contributed by atoms with van der Waals surface area (Å²) < 4.78 is 27.7. The van der Waals surface area contributed by atoms with Crippen molar-refractivity contribution in [3.05, 3.63) is 53.2 Å². The van der Waals surface area contributed by atoms with E-state index in [1.54, 1.807) is 24.3 Å². The topological polar surface area (TPSA) is 60.2 Å². The number of rotatable bonds is 4. The molecule has 4 nitrogen and oxygen atoms in total. The van der Waals surface area contributed by atoms with Crippen LogP contribution in [0.15, 0.2) is 35.4 Å². The third-order valence-electron chi connectivity index (χ3n) is 4.22. The molecular weight excluding hydrogens is 344 g/mol. The lowest BCUT2D eigenvalue weighted by molar-refractivity contribution is 0.273. The zero-order valence-corrected chi connectivity index (χ0v) is 14.3. The first-order valence-corrected chi connectivity index (χ1v) is 8.86. The van der Waals surface area contributed by atoms with Gasteiger partial charge in [-0.2, -0.15) is 9.65 Å². The van der Waals surface area contributed by atoms with Gasteiger partial charge in [0.1, 0.15) is 5.82 Å². The molecule has 0 spiro atoms. The molecule has 1 aliphatic rings. The Bertz CT molecular complexity index is 801. The Morgan fingerprint density at radius 3 is 2.60 bits per heavy atom. The predicted molar refractivity (Wildman–Crippen MR) is 92.3 cm³/mol. The summed E-state index contributed by atoms with van der Waals surface area (Å²) in [7, 11) is 0. The lowest BCUT2D eigenvalue weighted by Crippen LogP contribution is -2.35. The van der Waals surface area contributed by atoms with E-state index in [4.69, 9.17) is 10.4 Å². The van der Waals surface area contributed by atoms with Gasteiger partial charge in [-0.25, -0.2) is 9.37 Å². The average molecular weight is 361 g/mol. The van der Waals surface area contributed by atoms with Crippen LogP contribution in [-0.2, 0) is 6.61 Å². The number of anilines is 1. The summed E-state index contributed by atoms with van der Waals surface area (Å²) in [6, 6.07) is 9.71. The van der Waals surface area contributed by atoms with E-state index < -0.39 is 5.95 Å². The van der Waals surface area contributed by atoms with Crippen LogP contribution < -0.4 is 4.90 Å². The van der Waals surface area contributed by atoms with Gasteiger partial charge in [-0.1, -0.05) is 0 Å². The predicted octanol–water partition coefficient (Wildman–Crippen LogP) is 3.48. The van der Waals surface area contributed by atoms with Crippen LogP contribution in [0.4, 0.5) is 14.5 Å². The summed E-state index contributed by atoms with van der Waals surface area (Å²) in [5.74, 6) is -1.02. The summed E-state index contributed by atoms with van der Waals surface area (Å²) in [6.07, 6.45) is 1.66.